The maximum atomic E-state index is 12.1. The average Bonchev–Trinajstić information content (AvgIpc) is 2.63. The van der Waals surface area contributed by atoms with Gasteiger partial charge in [-0.3, -0.25) is 4.79 Å². The second-order valence-electron chi connectivity index (χ2n) is 5.64. The number of hydrogen-bond donors (Lipinski definition) is 1. The highest BCUT2D eigenvalue weighted by molar-refractivity contribution is 5.92. The van der Waals surface area contributed by atoms with Crippen molar-refractivity contribution in [2.75, 3.05) is 29.9 Å². The molecule has 2 aromatic rings. The fourth-order valence-electron chi connectivity index (χ4n) is 2.53. The molecule has 0 saturated carbocycles. The molecule has 0 atom stereocenters. The molecule has 0 unspecified atom stereocenters. The van der Waals surface area contributed by atoms with Crippen molar-refractivity contribution in [3.05, 3.63) is 53.6 Å². The van der Waals surface area contributed by atoms with Gasteiger partial charge in [0.25, 0.3) is 5.91 Å². The number of amides is 1. The fraction of sp³-hybridized carbons (Fsp3) is 0.300. The van der Waals surface area contributed by atoms with Crippen LogP contribution in [0.2, 0.25) is 0 Å². The second-order valence-corrected chi connectivity index (χ2v) is 5.64. The molecule has 0 radical (unpaired) electrons. The zero-order valence-corrected chi connectivity index (χ0v) is 14.9. The molecular formula is C20H23N3O2. The van der Waals surface area contributed by atoms with Gasteiger partial charge in [0.05, 0.1) is 11.6 Å². The van der Waals surface area contributed by atoms with Gasteiger partial charge in [-0.1, -0.05) is 0 Å². The van der Waals surface area contributed by atoms with Crippen LogP contribution in [0.3, 0.4) is 0 Å². The summed E-state index contributed by atoms with van der Waals surface area (Å²) in [5, 5.41) is 11.6. The van der Waals surface area contributed by atoms with Crippen LogP contribution in [0.5, 0.6) is 5.75 Å². The number of benzene rings is 2. The SMILES string of the molecule is CCN(CC)c1ccc(NC(=O)COc2ccc(C#N)cc2)c(C)c1. The Kier molecular flexibility index (Phi) is 6.41. The number of nitrogens with one attached hydrogen (secondary N) is 1. The van der Waals surface area contributed by atoms with Gasteiger partial charge in [-0.2, -0.15) is 5.26 Å². The van der Waals surface area contributed by atoms with Crippen LogP contribution in [0, 0.1) is 18.3 Å². The number of anilines is 2. The minimum absolute atomic E-state index is 0.0802. The molecule has 1 amide bonds. The number of carbonyl (C=O) groups excluding carboxylic acids is 1. The molecule has 0 spiro atoms. The molecule has 0 fully saturated rings. The average molecular weight is 337 g/mol. The monoisotopic (exact) mass is 337 g/mol. The summed E-state index contributed by atoms with van der Waals surface area (Å²) in [6.07, 6.45) is 0. The normalized spacial score (nSPS) is 10.0. The Morgan fingerprint density at radius 1 is 1.16 bits per heavy atom. The standard InChI is InChI=1S/C20H23N3O2/c1-4-23(5-2)17-8-11-19(15(3)12-17)22-20(24)14-25-18-9-6-16(13-21)7-10-18/h6-12H,4-5,14H2,1-3H3,(H,22,24). The summed E-state index contributed by atoms with van der Waals surface area (Å²) in [6.45, 7) is 8.03. The first kappa shape index (κ1) is 18.3. The van der Waals surface area contributed by atoms with Crippen molar-refractivity contribution in [2.45, 2.75) is 20.8 Å². The summed E-state index contributed by atoms with van der Waals surface area (Å²) in [4.78, 5) is 14.3. The van der Waals surface area contributed by atoms with Crippen LogP contribution in [-0.4, -0.2) is 25.6 Å². The minimum Gasteiger partial charge on any atom is -0.484 e. The predicted octanol–water partition coefficient (Wildman–Crippen LogP) is 3.73. The minimum atomic E-state index is -0.219. The molecular weight excluding hydrogens is 314 g/mol. The third kappa shape index (κ3) is 4.98. The lowest BCUT2D eigenvalue weighted by Crippen LogP contribution is -2.23. The quantitative estimate of drug-likeness (QED) is 0.836. The molecule has 1 N–H and O–H groups in total. The molecule has 0 aliphatic heterocycles. The predicted molar refractivity (Wildman–Crippen MR) is 100 cm³/mol. The molecule has 0 aliphatic carbocycles. The number of aryl methyl sites for hydroxylation is 1. The van der Waals surface area contributed by atoms with Crippen LogP contribution < -0.4 is 15.0 Å². The third-order valence-corrected chi connectivity index (χ3v) is 3.97. The molecule has 5 nitrogen and oxygen atoms in total. The van der Waals surface area contributed by atoms with E-state index in [-0.39, 0.29) is 12.5 Å². The van der Waals surface area contributed by atoms with E-state index in [1.807, 2.05) is 25.1 Å². The molecule has 0 heterocycles. The van der Waals surface area contributed by atoms with Crippen molar-refractivity contribution in [3.8, 4) is 11.8 Å². The molecule has 5 heteroatoms. The largest absolute Gasteiger partial charge is 0.484 e. The zero-order chi connectivity index (χ0) is 18.2. The Morgan fingerprint density at radius 2 is 1.84 bits per heavy atom. The van der Waals surface area contributed by atoms with Crippen molar-refractivity contribution < 1.29 is 9.53 Å². The number of carbonyl (C=O) groups is 1. The molecule has 0 bridgehead atoms. The smallest absolute Gasteiger partial charge is 0.262 e. The number of hydrogen-bond acceptors (Lipinski definition) is 4. The van der Waals surface area contributed by atoms with Gasteiger partial charge in [-0.15, -0.1) is 0 Å². The van der Waals surface area contributed by atoms with Crippen LogP contribution in [0.15, 0.2) is 42.5 Å². The summed E-state index contributed by atoms with van der Waals surface area (Å²) in [5.41, 5.74) is 3.50. The Morgan fingerprint density at radius 3 is 2.40 bits per heavy atom. The summed E-state index contributed by atoms with van der Waals surface area (Å²) in [7, 11) is 0. The fourth-order valence-corrected chi connectivity index (χ4v) is 2.53. The van der Waals surface area contributed by atoms with Crippen LogP contribution in [0.1, 0.15) is 25.0 Å². The van der Waals surface area contributed by atoms with Gasteiger partial charge in [-0.05, 0) is 68.8 Å². The van der Waals surface area contributed by atoms with Gasteiger partial charge in [0.1, 0.15) is 5.75 Å². The van der Waals surface area contributed by atoms with E-state index in [9.17, 15) is 4.79 Å². The van der Waals surface area contributed by atoms with E-state index in [1.54, 1.807) is 24.3 Å². The van der Waals surface area contributed by atoms with Crippen molar-refractivity contribution in [1.29, 1.82) is 5.26 Å². The van der Waals surface area contributed by atoms with Crippen molar-refractivity contribution in [1.82, 2.24) is 0 Å². The van der Waals surface area contributed by atoms with Gasteiger partial charge in [0, 0.05) is 24.5 Å². The highest BCUT2D eigenvalue weighted by Gasteiger charge is 2.08. The van der Waals surface area contributed by atoms with Gasteiger partial charge in [-0.25, -0.2) is 0 Å². The van der Waals surface area contributed by atoms with Crippen molar-refractivity contribution in [2.24, 2.45) is 0 Å². The first-order valence-corrected chi connectivity index (χ1v) is 8.35. The molecule has 0 aromatic heterocycles. The van der Waals surface area contributed by atoms with Crippen LogP contribution >= 0.6 is 0 Å². The van der Waals surface area contributed by atoms with E-state index in [2.05, 4.69) is 30.1 Å². The first-order chi connectivity index (χ1) is 12.1. The Labute approximate surface area is 148 Å². The van der Waals surface area contributed by atoms with Crippen molar-refractivity contribution >= 4 is 17.3 Å². The summed E-state index contributed by atoms with van der Waals surface area (Å²) in [5.74, 6) is 0.339. The van der Waals surface area contributed by atoms with Crippen LogP contribution in [0.4, 0.5) is 11.4 Å². The maximum Gasteiger partial charge on any atom is 0.262 e. The van der Waals surface area contributed by atoms with E-state index < -0.39 is 0 Å². The van der Waals surface area contributed by atoms with E-state index in [4.69, 9.17) is 10.00 Å². The Hall–Kier alpha value is -3.00. The lowest BCUT2D eigenvalue weighted by atomic mass is 10.1. The van der Waals surface area contributed by atoms with E-state index in [0.29, 0.717) is 11.3 Å². The molecule has 2 aromatic carbocycles. The van der Waals surface area contributed by atoms with E-state index >= 15 is 0 Å². The van der Waals surface area contributed by atoms with Gasteiger partial charge >= 0.3 is 0 Å². The number of nitrogens with zero attached hydrogens (tertiary/aromatic N) is 2. The van der Waals surface area contributed by atoms with E-state index in [1.165, 1.54) is 0 Å². The lowest BCUT2D eigenvalue weighted by Gasteiger charge is -2.22. The highest BCUT2D eigenvalue weighted by Crippen LogP contribution is 2.22. The second kappa shape index (κ2) is 8.74. The van der Waals surface area contributed by atoms with E-state index in [0.717, 1.165) is 30.0 Å². The van der Waals surface area contributed by atoms with Crippen molar-refractivity contribution in [3.63, 3.8) is 0 Å². The molecule has 0 aliphatic rings. The molecule has 25 heavy (non-hydrogen) atoms. The number of rotatable bonds is 7. The summed E-state index contributed by atoms with van der Waals surface area (Å²) >= 11 is 0. The molecule has 130 valence electrons. The van der Waals surface area contributed by atoms with Gasteiger partial charge < -0.3 is 15.0 Å². The Bertz CT molecular complexity index is 760. The topological polar surface area (TPSA) is 65.4 Å². The summed E-state index contributed by atoms with van der Waals surface area (Å²) < 4.78 is 5.45. The first-order valence-electron chi connectivity index (χ1n) is 8.35. The van der Waals surface area contributed by atoms with Gasteiger partial charge in [0.15, 0.2) is 6.61 Å². The Balaban J connectivity index is 1.94. The van der Waals surface area contributed by atoms with Crippen LogP contribution in [0.25, 0.3) is 0 Å². The number of nitriles is 1. The molecule has 2 rings (SSSR count). The van der Waals surface area contributed by atoms with Crippen LogP contribution in [-0.2, 0) is 4.79 Å². The highest BCUT2D eigenvalue weighted by atomic mass is 16.5. The van der Waals surface area contributed by atoms with Gasteiger partial charge in [0.2, 0.25) is 0 Å². The maximum absolute atomic E-state index is 12.1. The zero-order valence-electron chi connectivity index (χ0n) is 14.9. The molecule has 0 saturated heterocycles. The number of ether oxygens (including phenoxy) is 1. The third-order valence-electron chi connectivity index (χ3n) is 3.97. The lowest BCUT2D eigenvalue weighted by molar-refractivity contribution is -0.118. The summed E-state index contributed by atoms with van der Waals surface area (Å²) in [6, 6.07) is 14.7.